The molecular formula is C15H26Si. The van der Waals surface area contributed by atoms with Gasteiger partial charge >= 0.3 is 0 Å². The predicted octanol–water partition coefficient (Wildman–Crippen LogP) is 4.85. The van der Waals surface area contributed by atoms with Crippen molar-refractivity contribution in [3.63, 3.8) is 0 Å². The summed E-state index contributed by atoms with van der Waals surface area (Å²) >= 11 is 0. The Morgan fingerprint density at radius 2 is 1.69 bits per heavy atom. The molecule has 0 heterocycles. The Morgan fingerprint density at radius 1 is 1.19 bits per heavy atom. The smallest absolute Gasteiger partial charge is 0.0308 e. The van der Waals surface area contributed by atoms with Crippen LogP contribution < -0.4 is 0 Å². The minimum absolute atomic E-state index is 0.228. The minimum Gasteiger partial charge on any atom is -0.0955 e. The summed E-state index contributed by atoms with van der Waals surface area (Å²) in [5, 5.41) is 0. The third-order valence-corrected chi connectivity index (χ3v) is 4.10. The Kier molecular flexibility index (Phi) is 7.91. The lowest BCUT2D eigenvalue weighted by Gasteiger charge is -2.04. The normalized spacial score (nSPS) is 9.94. The van der Waals surface area contributed by atoms with Gasteiger partial charge in [-0.25, -0.2) is 0 Å². The molecule has 0 spiro atoms. The van der Waals surface area contributed by atoms with Crippen LogP contribution in [-0.2, 0) is 0 Å². The molecular weight excluding hydrogens is 208 g/mol. The van der Waals surface area contributed by atoms with Crippen molar-refractivity contribution in [2.45, 2.75) is 39.9 Å². The first-order valence-corrected chi connectivity index (χ1v) is 9.27. The van der Waals surface area contributed by atoms with Gasteiger partial charge in [0.1, 0.15) is 0 Å². The van der Waals surface area contributed by atoms with E-state index in [1.807, 2.05) is 25.1 Å². The molecule has 0 atom stereocenters. The lowest BCUT2D eigenvalue weighted by Crippen LogP contribution is -2.02. The maximum Gasteiger partial charge on any atom is 0.0308 e. The molecule has 0 amide bonds. The van der Waals surface area contributed by atoms with Crippen molar-refractivity contribution >= 4 is 14.4 Å². The SMILES string of the molecule is C=C(C)c1ccccc1.CC(C)C[SiH](C)C. The number of hydrogen-bond acceptors (Lipinski definition) is 0. The average molecular weight is 234 g/mol. The van der Waals surface area contributed by atoms with Crippen LogP contribution in [0.25, 0.3) is 5.57 Å². The fourth-order valence-electron chi connectivity index (χ4n) is 1.67. The van der Waals surface area contributed by atoms with E-state index < -0.39 is 0 Å². The third-order valence-electron chi connectivity index (χ3n) is 2.21. The van der Waals surface area contributed by atoms with Crippen molar-refractivity contribution < 1.29 is 0 Å². The molecule has 0 unspecified atom stereocenters. The predicted molar refractivity (Wildman–Crippen MR) is 79.7 cm³/mol. The number of hydrogen-bond donors (Lipinski definition) is 0. The van der Waals surface area contributed by atoms with E-state index in [0.717, 1.165) is 11.5 Å². The zero-order chi connectivity index (χ0) is 12.6. The molecule has 0 fully saturated rings. The molecule has 1 aromatic carbocycles. The largest absolute Gasteiger partial charge is 0.0955 e. The monoisotopic (exact) mass is 234 g/mol. The summed E-state index contributed by atoms with van der Waals surface area (Å²) in [7, 11) is -0.228. The first-order chi connectivity index (χ1) is 7.43. The summed E-state index contributed by atoms with van der Waals surface area (Å²) in [5.41, 5.74) is 2.34. The third kappa shape index (κ3) is 8.48. The molecule has 1 heteroatoms. The molecule has 0 aliphatic heterocycles. The molecule has 1 aromatic rings. The molecule has 0 radical (unpaired) electrons. The fourth-order valence-corrected chi connectivity index (χ4v) is 3.55. The standard InChI is InChI=1S/C9H10.C6H16Si/c1-8(2)9-6-4-3-5-7-9;1-6(2)5-7(3)4/h3-7H,1H2,2H3;6-7H,5H2,1-4H3. The average Bonchev–Trinajstić information content (AvgIpc) is 2.17. The maximum atomic E-state index is 3.83. The van der Waals surface area contributed by atoms with Gasteiger partial charge in [0.25, 0.3) is 0 Å². The van der Waals surface area contributed by atoms with Crippen molar-refractivity contribution in [2.24, 2.45) is 5.92 Å². The number of benzene rings is 1. The molecule has 0 saturated carbocycles. The molecule has 0 aromatic heterocycles. The Bertz CT molecular complexity index is 280. The summed E-state index contributed by atoms with van der Waals surface area (Å²) in [6.45, 7) is 15.2. The van der Waals surface area contributed by atoms with Crippen LogP contribution in [0, 0.1) is 5.92 Å². The maximum absolute atomic E-state index is 3.83. The van der Waals surface area contributed by atoms with E-state index in [0.29, 0.717) is 0 Å². The van der Waals surface area contributed by atoms with Crippen molar-refractivity contribution in [1.82, 2.24) is 0 Å². The Hall–Kier alpha value is -0.823. The van der Waals surface area contributed by atoms with Crippen LogP contribution in [0.15, 0.2) is 36.9 Å². The van der Waals surface area contributed by atoms with E-state index >= 15 is 0 Å². The molecule has 0 N–H and O–H groups in total. The van der Waals surface area contributed by atoms with Crippen molar-refractivity contribution in [3.05, 3.63) is 42.5 Å². The lowest BCUT2D eigenvalue weighted by molar-refractivity contribution is 0.727. The number of allylic oxidation sites excluding steroid dienone is 1. The molecule has 0 bridgehead atoms. The van der Waals surface area contributed by atoms with Crippen LogP contribution in [-0.4, -0.2) is 8.80 Å². The highest BCUT2D eigenvalue weighted by Gasteiger charge is 1.97. The van der Waals surface area contributed by atoms with E-state index in [9.17, 15) is 0 Å². The highest BCUT2D eigenvalue weighted by molar-refractivity contribution is 6.55. The van der Waals surface area contributed by atoms with Crippen LogP contribution in [0.3, 0.4) is 0 Å². The lowest BCUT2D eigenvalue weighted by atomic mass is 10.1. The minimum atomic E-state index is -0.228. The second-order valence-corrected chi connectivity index (χ2v) is 8.43. The van der Waals surface area contributed by atoms with Gasteiger partial charge in [-0.05, 0) is 18.4 Å². The van der Waals surface area contributed by atoms with Gasteiger partial charge in [0.15, 0.2) is 0 Å². The Labute approximate surface area is 103 Å². The van der Waals surface area contributed by atoms with Gasteiger partial charge in [-0.1, -0.05) is 75.5 Å². The van der Waals surface area contributed by atoms with Crippen LogP contribution in [0.1, 0.15) is 26.3 Å². The van der Waals surface area contributed by atoms with E-state index in [1.54, 1.807) is 0 Å². The van der Waals surface area contributed by atoms with Crippen LogP contribution in [0.4, 0.5) is 0 Å². The first-order valence-electron chi connectivity index (χ1n) is 6.14. The molecule has 0 nitrogen and oxygen atoms in total. The van der Waals surface area contributed by atoms with Gasteiger partial charge in [-0.2, -0.15) is 0 Å². The molecule has 90 valence electrons. The van der Waals surface area contributed by atoms with E-state index in [-0.39, 0.29) is 8.80 Å². The first kappa shape index (κ1) is 15.2. The van der Waals surface area contributed by atoms with Gasteiger partial charge in [0, 0.05) is 8.80 Å². The topological polar surface area (TPSA) is 0 Å². The van der Waals surface area contributed by atoms with Gasteiger partial charge in [-0.3, -0.25) is 0 Å². The summed E-state index contributed by atoms with van der Waals surface area (Å²) in [6.07, 6.45) is 0. The zero-order valence-corrected chi connectivity index (χ0v) is 12.6. The second kappa shape index (κ2) is 8.34. The van der Waals surface area contributed by atoms with E-state index in [1.165, 1.54) is 11.6 Å². The highest BCUT2D eigenvalue weighted by atomic mass is 28.3. The van der Waals surface area contributed by atoms with Crippen LogP contribution >= 0.6 is 0 Å². The molecule has 16 heavy (non-hydrogen) atoms. The quantitative estimate of drug-likeness (QED) is 0.656. The zero-order valence-electron chi connectivity index (χ0n) is 11.5. The van der Waals surface area contributed by atoms with Crippen LogP contribution in [0.5, 0.6) is 0 Å². The summed E-state index contributed by atoms with van der Waals surface area (Å²) in [5.74, 6) is 0.937. The van der Waals surface area contributed by atoms with Crippen molar-refractivity contribution in [1.29, 1.82) is 0 Å². The van der Waals surface area contributed by atoms with Crippen LogP contribution in [0.2, 0.25) is 19.1 Å². The second-order valence-electron chi connectivity index (χ2n) is 5.17. The summed E-state index contributed by atoms with van der Waals surface area (Å²) in [4.78, 5) is 0. The molecule has 0 aliphatic carbocycles. The summed E-state index contributed by atoms with van der Waals surface area (Å²) in [6, 6.07) is 11.7. The highest BCUT2D eigenvalue weighted by Crippen LogP contribution is 2.08. The fraction of sp³-hybridized carbons (Fsp3) is 0.467. The Morgan fingerprint density at radius 3 is 1.88 bits per heavy atom. The van der Waals surface area contributed by atoms with Crippen molar-refractivity contribution in [2.75, 3.05) is 0 Å². The molecule has 0 aliphatic rings. The van der Waals surface area contributed by atoms with E-state index in [2.05, 4.69) is 45.7 Å². The summed E-state index contributed by atoms with van der Waals surface area (Å²) < 4.78 is 0. The van der Waals surface area contributed by atoms with Crippen molar-refractivity contribution in [3.8, 4) is 0 Å². The molecule has 1 rings (SSSR count). The molecule has 0 saturated heterocycles. The van der Waals surface area contributed by atoms with Gasteiger partial charge in [-0.15, -0.1) is 0 Å². The van der Waals surface area contributed by atoms with E-state index in [4.69, 9.17) is 0 Å². The Balaban J connectivity index is 0.000000293. The van der Waals surface area contributed by atoms with Gasteiger partial charge in [0.05, 0.1) is 0 Å². The van der Waals surface area contributed by atoms with Gasteiger partial charge in [0.2, 0.25) is 0 Å². The van der Waals surface area contributed by atoms with Gasteiger partial charge < -0.3 is 0 Å². The number of rotatable bonds is 3.